The molecule has 0 spiro atoms. The van der Waals surface area contributed by atoms with Gasteiger partial charge >= 0.3 is 13.2 Å². The van der Waals surface area contributed by atoms with Crippen molar-refractivity contribution in [1.82, 2.24) is 4.90 Å². The Balaban J connectivity index is 1.29. The maximum Gasteiger partial charge on any atom is 0.498 e. The van der Waals surface area contributed by atoms with E-state index in [9.17, 15) is 4.79 Å². The van der Waals surface area contributed by atoms with Crippen molar-refractivity contribution in [3.63, 3.8) is 0 Å². The number of carbonyl (C=O) groups is 1. The highest BCUT2D eigenvalue weighted by atomic mass is 35.5. The van der Waals surface area contributed by atoms with Crippen LogP contribution in [0.15, 0.2) is 48.5 Å². The molecule has 0 unspecified atom stereocenters. The molecule has 34 heavy (non-hydrogen) atoms. The Hall–Kier alpha value is -2.22. The van der Waals surface area contributed by atoms with Gasteiger partial charge in [-0.15, -0.1) is 0 Å². The van der Waals surface area contributed by atoms with Crippen LogP contribution in [0.2, 0.25) is 5.02 Å². The van der Waals surface area contributed by atoms with Gasteiger partial charge < -0.3 is 23.7 Å². The van der Waals surface area contributed by atoms with E-state index in [4.69, 9.17) is 30.4 Å². The summed E-state index contributed by atoms with van der Waals surface area (Å²) in [7, 11) is -0.515. The average Bonchev–Trinajstić information content (AvgIpc) is 3.03. The third kappa shape index (κ3) is 5.70. The molecule has 1 amide bonds. The topological polar surface area (TPSA) is 57.2 Å². The molecule has 2 aliphatic heterocycles. The standard InChI is InChI=1S/C26H33BClNO5/c1-25(2)26(3,4)34-27(33-25)22-11-10-21(28)16-23(22)31-17-20-12-14-29(15-13-20)24(30)32-18-19-8-6-5-7-9-19/h5-11,16,20H,12-15,17-18H2,1-4H3. The maximum absolute atomic E-state index is 12.4. The molecule has 2 heterocycles. The Bertz CT molecular complexity index is 976. The van der Waals surface area contributed by atoms with Crippen LogP contribution in [0.3, 0.4) is 0 Å². The lowest BCUT2D eigenvalue weighted by atomic mass is 9.78. The minimum Gasteiger partial charge on any atom is -0.494 e. The second kappa shape index (κ2) is 10.2. The third-order valence-electron chi connectivity index (χ3n) is 7.04. The molecule has 182 valence electrons. The molecule has 0 atom stereocenters. The molecule has 2 fully saturated rings. The predicted molar refractivity (Wildman–Crippen MR) is 134 cm³/mol. The van der Waals surface area contributed by atoms with Crippen LogP contribution in [0.25, 0.3) is 0 Å². The van der Waals surface area contributed by atoms with E-state index in [1.165, 1.54) is 0 Å². The van der Waals surface area contributed by atoms with E-state index in [0.717, 1.165) is 23.9 Å². The molecule has 0 saturated carbocycles. The summed E-state index contributed by atoms with van der Waals surface area (Å²) < 4.78 is 24.1. The number of rotatable bonds is 6. The van der Waals surface area contributed by atoms with Gasteiger partial charge in [0, 0.05) is 23.6 Å². The molecule has 4 rings (SSSR count). The summed E-state index contributed by atoms with van der Waals surface area (Å²) >= 11 is 6.27. The normalized spacial score (nSPS) is 19.8. The van der Waals surface area contributed by atoms with Crippen LogP contribution in [0, 0.1) is 5.92 Å². The fourth-order valence-electron chi connectivity index (χ4n) is 4.10. The second-order valence-electron chi connectivity index (χ2n) is 10.1. The van der Waals surface area contributed by atoms with Crippen LogP contribution in [0.1, 0.15) is 46.1 Å². The fraction of sp³-hybridized carbons (Fsp3) is 0.500. The Morgan fingerprint density at radius 2 is 1.71 bits per heavy atom. The molecule has 8 heteroatoms. The van der Waals surface area contributed by atoms with Crippen molar-refractivity contribution in [1.29, 1.82) is 0 Å². The van der Waals surface area contributed by atoms with Crippen molar-refractivity contribution >= 4 is 30.3 Å². The summed E-state index contributed by atoms with van der Waals surface area (Å²) in [6.07, 6.45) is 1.45. The highest BCUT2D eigenvalue weighted by Gasteiger charge is 2.52. The summed E-state index contributed by atoms with van der Waals surface area (Å²) in [5.74, 6) is 1.01. The molecule has 0 aliphatic carbocycles. The molecule has 2 saturated heterocycles. The van der Waals surface area contributed by atoms with Gasteiger partial charge in [0.05, 0.1) is 17.8 Å². The van der Waals surface area contributed by atoms with E-state index in [0.29, 0.717) is 43.0 Å². The summed E-state index contributed by atoms with van der Waals surface area (Å²) in [6.45, 7) is 10.3. The smallest absolute Gasteiger partial charge is 0.494 e. The maximum atomic E-state index is 12.4. The van der Waals surface area contributed by atoms with Crippen LogP contribution in [0.5, 0.6) is 5.75 Å². The summed E-state index contributed by atoms with van der Waals surface area (Å²) in [5, 5.41) is 0.603. The van der Waals surface area contributed by atoms with Gasteiger partial charge in [-0.2, -0.15) is 0 Å². The van der Waals surface area contributed by atoms with Gasteiger partial charge in [-0.1, -0.05) is 48.0 Å². The SMILES string of the molecule is CC1(C)OB(c2ccc(Cl)cc2OCC2CCN(C(=O)OCc3ccccc3)CC2)OC1(C)C. The largest absolute Gasteiger partial charge is 0.498 e. The predicted octanol–water partition coefficient (Wildman–Crippen LogP) is 5.07. The van der Waals surface area contributed by atoms with Gasteiger partial charge in [-0.3, -0.25) is 0 Å². The van der Waals surface area contributed by atoms with Gasteiger partial charge in [0.15, 0.2) is 0 Å². The molecule has 2 aliphatic rings. The van der Waals surface area contributed by atoms with Crippen LogP contribution in [-0.4, -0.2) is 49.0 Å². The first-order valence-corrected chi connectivity index (χ1v) is 12.3. The average molecular weight is 486 g/mol. The van der Waals surface area contributed by atoms with Gasteiger partial charge in [-0.25, -0.2) is 4.79 Å². The lowest BCUT2D eigenvalue weighted by molar-refractivity contribution is 0.00578. The van der Waals surface area contributed by atoms with Gasteiger partial charge in [-0.05, 0) is 64.2 Å². The van der Waals surface area contributed by atoms with E-state index in [-0.39, 0.29) is 6.09 Å². The van der Waals surface area contributed by atoms with Crippen LogP contribution in [0.4, 0.5) is 4.79 Å². The Morgan fingerprint density at radius 3 is 2.35 bits per heavy atom. The van der Waals surface area contributed by atoms with Crippen LogP contribution < -0.4 is 10.2 Å². The molecule has 0 N–H and O–H groups in total. The van der Waals surface area contributed by atoms with Crippen molar-refractivity contribution < 1.29 is 23.6 Å². The summed E-state index contributed by atoms with van der Waals surface area (Å²) in [5.41, 5.74) is 0.955. The molecular formula is C26H33BClNO5. The minimum atomic E-state index is -0.515. The van der Waals surface area contributed by atoms with Crippen molar-refractivity contribution in [2.45, 2.75) is 58.3 Å². The number of likely N-dealkylation sites (tertiary alicyclic amines) is 1. The third-order valence-corrected chi connectivity index (χ3v) is 7.27. The summed E-state index contributed by atoms with van der Waals surface area (Å²) in [6, 6.07) is 15.3. The number of amides is 1. The monoisotopic (exact) mass is 485 g/mol. The minimum absolute atomic E-state index is 0.263. The molecule has 0 aromatic heterocycles. The van der Waals surface area contributed by atoms with E-state index >= 15 is 0 Å². The first-order chi connectivity index (χ1) is 16.1. The zero-order valence-corrected chi connectivity index (χ0v) is 21.1. The molecule has 2 aromatic carbocycles. The van der Waals surface area contributed by atoms with Crippen molar-refractivity contribution in [2.75, 3.05) is 19.7 Å². The molecule has 2 aromatic rings. The van der Waals surface area contributed by atoms with Gasteiger partial charge in [0.2, 0.25) is 0 Å². The molecular weight excluding hydrogens is 453 g/mol. The van der Waals surface area contributed by atoms with Gasteiger partial charge in [0.25, 0.3) is 0 Å². The lowest BCUT2D eigenvalue weighted by Crippen LogP contribution is -2.41. The molecule has 6 nitrogen and oxygen atoms in total. The number of hydrogen-bond acceptors (Lipinski definition) is 5. The number of ether oxygens (including phenoxy) is 2. The fourth-order valence-corrected chi connectivity index (χ4v) is 4.26. The van der Waals surface area contributed by atoms with Crippen LogP contribution >= 0.6 is 11.6 Å². The number of hydrogen-bond donors (Lipinski definition) is 0. The number of halogens is 1. The highest BCUT2D eigenvalue weighted by Crippen LogP contribution is 2.37. The second-order valence-corrected chi connectivity index (χ2v) is 10.5. The van der Waals surface area contributed by atoms with Gasteiger partial charge in [0.1, 0.15) is 12.4 Å². The quantitative estimate of drug-likeness (QED) is 0.535. The van der Waals surface area contributed by atoms with E-state index < -0.39 is 18.3 Å². The molecule has 0 radical (unpaired) electrons. The van der Waals surface area contributed by atoms with Crippen molar-refractivity contribution in [3.05, 3.63) is 59.1 Å². The first-order valence-electron chi connectivity index (χ1n) is 11.9. The Kier molecular flexibility index (Phi) is 7.46. The van der Waals surface area contributed by atoms with Crippen molar-refractivity contribution in [3.8, 4) is 5.75 Å². The highest BCUT2D eigenvalue weighted by molar-refractivity contribution is 6.63. The lowest BCUT2D eigenvalue weighted by Gasteiger charge is -2.32. The number of carbonyl (C=O) groups excluding carboxylic acids is 1. The summed E-state index contributed by atoms with van der Waals surface area (Å²) in [4.78, 5) is 14.2. The number of benzene rings is 2. The van der Waals surface area contributed by atoms with E-state index in [1.54, 1.807) is 4.90 Å². The Labute approximate surface area is 207 Å². The van der Waals surface area contributed by atoms with Crippen LogP contribution in [-0.2, 0) is 20.7 Å². The molecule has 0 bridgehead atoms. The zero-order chi connectivity index (χ0) is 24.3. The zero-order valence-electron chi connectivity index (χ0n) is 20.4. The number of piperidine rings is 1. The number of nitrogens with zero attached hydrogens (tertiary/aromatic N) is 1. The first kappa shape index (κ1) is 24.9. The van der Waals surface area contributed by atoms with E-state index in [1.807, 2.05) is 76.2 Å². The van der Waals surface area contributed by atoms with E-state index in [2.05, 4.69) is 0 Å². The Morgan fingerprint density at radius 1 is 1.06 bits per heavy atom. The van der Waals surface area contributed by atoms with Crippen molar-refractivity contribution in [2.24, 2.45) is 5.92 Å².